The van der Waals surface area contributed by atoms with Gasteiger partial charge in [-0.1, -0.05) is 49.6 Å². The summed E-state index contributed by atoms with van der Waals surface area (Å²) in [5.41, 5.74) is 2.30. The molecule has 1 saturated heterocycles. The Morgan fingerprint density at radius 1 is 1.12 bits per heavy atom. The van der Waals surface area contributed by atoms with Gasteiger partial charge in [0, 0.05) is 17.8 Å². The van der Waals surface area contributed by atoms with Crippen molar-refractivity contribution < 1.29 is 27.8 Å². The number of ether oxygens (including phenoxy) is 1. The van der Waals surface area contributed by atoms with Crippen LogP contribution in [0.1, 0.15) is 57.3 Å². The molecule has 2 aromatic carbocycles. The maximum absolute atomic E-state index is 13.9. The van der Waals surface area contributed by atoms with Crippen molar-refractivity contribution in [2.45, 2.75) is 63.6 Å². The second kappa shape index (κ2) is 10.4. The van der Waals surface area contributed by atoms with Crippen LogP contribution in [0.15, 0.2) is 46.9 Å². The first-order valence-electron chi connectivity index (χ1n) is 14.1. The molecule has 3 aromatic heterocycles. The molecule has 1 saturated carbocycles. The average molecular weight is 596 g/mol. The Morgan fingerprint density at radius 3 is 2.71 bits per heavy atom. The van der Waals surface area contributed by atoms with Gasteiger partial charge < -0.3 is 19.2 Å². The van der Waals surface area contributed by atoms with Crippen molar-refractivity contribution in [3.05, 3.63) is 53.3 Å². The highest BCUT2D eigenvalue weighted by molar-refractivity contribution is 6.35. The molecule has 0 unspecified atom stereocenters. The van der Waals surface area contributed by atoms with Gasteiger partial charge in [0.25, 0.3) is 12.4 Å². The fourth-order valence-corrected chi connectivity index (χ4v) is 6.80. The van der Waals surface area contributed by atoms with Crippen molar-refractivity contribution in [1.82, 2.24) is 19.5 Å². The number of carboxylic acids is 1. The molecule has 0 spiro atoms. The third-order valence-electron chi connectivity index (χ3n) is 8.53. The second-order valence-electron chi connectivity index (χ2n) is 11.2. The Kier molecular flexibility index (Phi) is 6.64. The van der Waals surface area contributed by atoms with Gasteiger partial charge in [-0.05, 0) is 43.0 Å². The number of imidazole rings is 1. The number of carbonyl (C=O) groups is 1. The summed E-state index contributed by atoms with van der Waals surface area (Å²) in [6.07, 6.45) is 0.754. The molecule has 4 atom stereocenters. The first-order chi connectivity index (χ1) is 20.3. The van der Waals surface area contributed by atoms with E-state index in [9.17, 15) is 18.7 Å². The van der Waals surface area contributed by atoms with Crippen molar-refractivity contribution in [2.24, 2.45) is 5.92 Å². The SMILES string of the molecule is C[C@@H]1CCCC[C@@H]1n1c(O[C@H]2C[C@@H](C(=O)O)N(c3nc(C(F)F)nc4c3oc3ccccc34)C2)nc2cccc(Cl)c21. The summed E-state index contributed by atoms with van der Waals surface area (Å²) in [4.78, 5) is 26.9. The first kappa shape index (κ1) is 26.9. The van der Waals surface area contributed by atoms with Gasteiger partial charge in [0.2, 0.25) is 0 Å². The predicted octanol–water partition coefficient (Wildman–Crippen LogP) is 7.18. The maximum Gasteiger partial charge on any atom is 0.326 e. The lowest BCUT2D eigenvalue weighted by molar-refractivity contribution is -0.138. The normalized spacial score (nSPS) is 23.0. The quantitative estimate of drug-likeness (QED) is 0.220. The van der Waals surface area contributed by atoms with Crippen LogP contribution in [0.5, 0.6) is 6.01 Å². The molecule has 9 nitrogen and oxygen atoms in total. The molecule has 7 rings (SSSR count). The molecule has 1 aliphatic heterocycles. The van der Waals surface area contributed by atoms with Crippen molar-refractivity contribution in [2.75, 3.05) is 11.4 Å². The number of nitrogens with zero attached hydrogens (tertiary/aromatic N) is 5. The summed E-state index contributed by atoms with van der Waals surface area (Å²) in [5, 5.41) is 11.3. The van der Waals surface area contributed by atoms with Crippen LogP contribution < -0.4 is 9.64 Å². The molecule has 1 aliphatic carbocycles. The van der Waals surface area contributed by atoms with Crippen LogP contribution in [-0.4, -0.2) is 49.3 Å². The number of carboxylic acid groups (broad SMARTS) is 1. The Balaban J connectivity index is 1.30. The number of fused-ring (bicyclic) bond motifs is 4. The lowest BCUT2D eigenvalue weighted by atomic mass is 9.85. The highest BCUT2D eigenvalue weighted by Crippen LogP contribution is 2.42. The zero-order valence-electron chi connectivity index (χ0n) is 22.7. The van der Waals surface area contributed by atoms with Crippen molar-refractivity contribution in [1.29, 1.82) is 0 Å². The number of aromatic nitrogens is 4. The maximum atomic E-state index is 13.9. The number of hydrogen-bond acceptors (Lipinski definition) is 7. The zero-order valence-corrected chi connectivity index (χ0v) is 23.5. The molecular formula is C30H28ClF2N5O4. The number of aliphatic carboxylic acids is 1. The van der Waals surface area contributed by atoms with E-state index in [1.807, 2.05) is 18.2 Å². The van der Waals surface area contributed by atoms with Crippen molar-refractivity contribution in [3.63, 3.8) is 0 Å². The fraction of sp³-hybridized carbons (Fsp3) is 0.400. The van der Waals surface area contributed by atoms with Gasteiger partial charge in [0.1, 0.15) is 23.2 Å². The summed E-state index contributed by atoms with van der Waals surface area (Å²) >= 11 is 6.67. The van der Waals surface area contributed by atoms with E-state index in [2.05, 4.69) is 21.5 Å². The third-order valence-corrected chi connectivity index (χ3v) is 8.84. The minimum Gasteiger partial charge on any atom is -0.480 e. The summed E-state index contributed by atoms with van der Waals surface area (Å²) in [6.45, 7) is 2.28. The minimum atomic E-state index is -2.96. The van der Waals surface area contributed by atoms with Crippen molar-refractivity contribution >= 4 is 56.5 Å². The van der Waals surface area contributed by atoms with Gasteiger partial charge in [-0.2, -0.15) is 4.98 Å². The number of alkyl halides is 2. The summed E-state index contributed by atoms with van der Waals surface area (Å²) in [6, 6.07) is 11.9. The van der Waals surface area contributed by atoms with Gasteiger partial charge >= 0.3 is 5.97 Å². The van der Waals surface area contributed by atoms with E-state index in [0.29, 0.717) is 33.4 Å². The molecule has 0 amide bonds. The van der Waals surface area contributed by atoms with E-state index < -0.39 is 30.4 Å². The molecule has 0 bridgehead atoms. The number of benzene rings is 2. The highest BCUT2D eigenvalue weighted by atomic mass is 35.5. The third kappa shape index (κ3) is 4.41. The van der Waals surface area contributed by atoms with E-state index >= 15 is 0 Å². The Morgan fingerprint density at radius 2 is 1.93 bits per heavy atom. The molecule has 1 N–H and O–H groups in total. The fourth-order valence-electron chi connectivity index (χ4n) is 6.54. The Labute approximate surface area is 244 Å². The highest BCUT2D eigenvalue weighted by Gasteiger charge is 2.42. The predicted molar refractivity (Wildman–Crippen MR) is 153 cm³/mol. The van der Waals surface area contributed by atoms with Gasteiger partial charge in [0.15, 0.2) is 17.2 Å². The molecule has 42 heavy (non-hydrogen) atoms. The monoisotopic (exact) mass is 595 g/mol. The van der Waals surface area contributed by atoms with Crippen LogP contribution >= 0.6 is 11.6 Å². The Bertz CT molecular complexity index is 1820. The standard InChI is InChI=1S/C30H28ClF2N5O4/c1-15-7-2-4-11-20(15)38-24-18(31)9-6-10-19(24)34-30(38)41-16-13-21(29(39)40)37(14-16)28-25-23(35-27(36-28)26(32)33)17-8-3-5-12-22(17)42-25/h3,5-6,8-10,12,15-16,20-21,26H,2,4,7,11,13-14H2,1H3,(H,39,40)/t15-,16+,20+,21+/m1/s1. The zero-order chi connectivity index (χ0) is 29.1. The molecule has 2 aliphatic rings. The van der Waals surface area contributed by atoms with Gasteiger partial charge in [-0.3, -0.25) is 4.57 Å². The Hall–Kier alpha value is -3.99. The van der Waals surface area contributed by atoms with Crippen molar-refractivity contribution in [3.8, 4) is 6.01 Å². The van der Waals surface area contributed by atoms with Gasteiger partial charge in [-0.15, -0.1) is 0 Å². The van der Waals surface area contributed by atoms with E-state index in [0.717, 1.165) is 31.2 Å². The number of rotatable bonds is 6. The van der Waals surface area contributed by atoms with Crippen LogP contribution in [-0.2, 0) is 4.79 Å². The lowest BCUT2D eigenvalue weighted by Gasteiger charge is -2.31. The molecule has 5 aromatic rings. The van der Waals surface area contributed by atoms with Crippen LogP contribution in [0.25, 0.3) is 33.1 Å². The molecule has 0 radical (unpaired) electrons. The number of furan rings is 1. The van der Waals surface area contributed by atoms with E-state index in [1.165, 1.54) is 4.90 Å². The van der Waals surface area contributed by atoms with Crippen LogP contribution in [0.2, 0.25) is 5.02 Å². The van der Waals surface area contributed by atoms with Crippen LogP contribution in [0, 0.1) is 5.92 Å². The molecule has 2 fully saturated rings. The summed E-state index contributed by atoms with van der Waals surface area (Å²) < 4.78 is 42.4. The van der Waals surface area contributed by atoms with Crippen LogP contribution in [0.4, 0.5) is 14.6 Å². The molecular weight excluding hydrogens is 568 g/mol. The summed E-state index contributed by atoms with van der Waals surface area (Å²) in [7, 11) is 0. The number of para-hydroxylation sites is 2. The van der Waals surface area contributed by atoms with E-state index in [4.69, 9.17) is 25.7 Å². The van der Waals surface area contributed by atoms with E-state index in [-0.39, 0.29) is 35.9 Å². The van der Waals surface area contributed by atoms with Crippen LogP contribution in [0.3, 0.4) is 0 Å². The number of hydrogen-bond donors (Lipinski definition) is 1. The topological polar surface area (TPSA) is 107 Å². The average Bonchev–Trinajstić information content (AvgIpc) is 3.67. The largest absolute Gasteiger partial charge is 0.480 e. The molecule has 12 heteroatoms. The summed E-state index contributed by atoms with van der Waals surface area (Å²) in [5.74, 6) is -1.44. The molecule has 4 heterocycles. The minimum absolute atomic E-state index is 0.00227. The first-order valence-corrected chi connectivity index (χ1v) is 14.5. The van der Waals surface area contributed by atoms with Gasteiger partial charge in [-0.25, -0.2) is 23.5 Å². The number of halogens is 3. The van der Waals surface area contributed by atoms with E-state index in [1.54, 1.807) is 24.3 Å². The molecule has 218 valence electrons. The number of anilines is 1. The smallest absolute Gasteiger partial charge is 0.326 e. The van der Waals surface area contributed by atoms with Gasteiger partial charge in [0.05, 0.1) is 22.6 Å². The lowest BCUT2D eigenvalue weighted by Crippen LogP contribution is -2.37. The second-order valence-corrected chi connectivity index (χ2v) is 11.6.